The first-order chi connectivity index (χ1) is 6.15. The maximum absolute atomic E-state index is 4.39. The molecule has 1 aromatic rings. The summed E-state index contributed by atoms with van der Waals surface area (Å²) in [7, 11) is 0. The first-order valence-corrected chi connectivity index (χ1v) is 4.34. The summed E-state index contributed by atoms with van der Waals surface area (Å²) >= 11 is 0. The quantitative estimate of drug-likeness (QED) is 0.533. The van der Waals surface area contributed by atoms with Gasteiger partial charge in [0.25, 0.3) is 0 Å². The van der Waals surface area contributed by atoms with Crippen molar-refractivity contribution >= 4 is 18.2 Å². The third-order valence-electron chi connectivity index (χ3n) is 1.84. The number of nitrogens with one attached hydrogen (secondary N) is 1. The molecule has 1 N–H and O–H groups in total. The Bertz CT molecular complexity index is 321. The lowest BCUT2D eigenvalue weighted by molar-refractivity contribution is 0.874. The van der Waals surface area contributed by atoms with Crippen LogP contribution in [0.3, 0.4) is 0 Å². The van der Waals surface area contributed by atoms with Crippen molar-refractivity contribution < 1.29 is 0 Å². The fourth-order valence-electron chi connectivity index (χ4n) is 1.02. The van der Waals surface area contributed by atoms with Crippen LogP contribution in [0.2, 0.25) is 0 Å². The van der Waals surface area contributed by atoms with E-state index >= 15 is 0 Å². The average molecular weight is 177 g/mol. The van der Waals surface area contributed by atoms with E-state index in [1.165, 1.54) is 0 Å². The van der Waals surface area contributed by atoms with Gasteiger partial charge in [0, 0.05) is 18.3 Å². The molecule has 0 bridgehead atoms. The number of rotatable bonds is 2. The molecule has 0 aromatic carbocycles. The highest BCUT2D eigenvalue weighted by Crippen LogP contribution is 2.18. The van der Waals surface area contributed by atoms with Gasteiger partial charge in [0.1, 0.15) is 5.84 Å². The maximum atomic E-state index is 4.39. The Morgan fingerprint density at radius 1 is 1.46 bits per heavy atom. The van der Waals surface area contributed by atoms with Crippen molar-refractivity contribution in [2.24, 2.45) is 15.9 Å². The molecule has 0 saturated heterocycles. The summed E-state index contributed by atoms with van der Waals surface area (Å²) in [6, 6.07) is 0. The van der Waals surface area contributed by atoms with Crippen LogP contribution in [0.25, 0.3) is 0 Å². The normalized spacial score (nSPS) is 12.2. The topological polar surface area (TPSA) is 40.5 Å². The molecule has 0 aliphatic rings. The van der Waals surface area contributed by atoms with Gasteiger partial charge in [0.05, 0.1) is 5.69 Å². The Kier molecular flexibility index (Phi) is 3.01. The van der Waals surface area contributed by atoms with E-state index in [9.17, 15) is 0 Å². The molecule has 0 aliphatic carbocycles. The Morgan fingerprint density at radius 2 is 2.15 bits per heavy atom. The summed E-state index contributed by atoms with van der Waals surface area (Å²) in [5.41, 5.74) is 2.07. The number of aliphatic imine (C=N–C) groups is 2. The number of hydrogen-bond acceptors (Lipinski definition) is 1. The van der Waals surface area contributed by atoms with Crippen LogP contribution in [0.15, 0.2) is 22.4 Å². The third kappa shape index (κ3) is 2.28. The molecule has 1 heterocycles. The highest BCUT2D eigenvalue weighted by molar-refractivity contribution is 5.90. The maximum Gasteiger partial charge on any atom is 0.130 e. The van der Waals surface area contributed by atoms with Gasteiger partial charge >= 0.3 is 0 Å². The van der Waals surface area contributed by atoms with Gasteiger partial charge in [0.15, 0.2) is 0 Å². The lowest BCUT2D eigenvalue weighted by Gasteiger charge is -2.02. The molecule has 0 saturated carbocycles. The van der Waals surface area contributed by atoms with Crippen LogP contribution in [0, 0.1) is 12.8 Å². The molecule has 70 valence electrons. The van der Waals surface area contributed by atoms with Crippen molar-refractivity contribution in [3.8, 4) is 0 Å². The Labute approximate surface area is 78.6 Å². The van der Waals surface area contributed by atoms with E-state index in [4.69, 9.17) is 0 Å². The van der Waals surface area contributed by atoms with Gasteiger partial charge in [-0.15, -0.1) is 0 Å². The van der Waals surface area contributed by atoms with E-state index in [2.05, 4.69) is 35.5 Å². The molecule has 0 aliphatic heterocycles. The molecule has 0 amide bonds. The third-order valence-corrected chi connectivity index (χ3v) is 1.84. The van der Waals surface area contributed by atoms with Crippen LogP contribution in [-0.2, 0) is 0 Å². The zero-order chi connectivity index (χ0) is 9.84. The number of aromatic nitrogens is 1. The van der Waals surface area contributed by atoms with Crippen LogP contribution >= 0.6 is 0 Å². The molecule has 0 radical (unpaired) electrons. The van der Waals surface area contributed by atoms with Gasteiger partial charge < -0.3 is 4.98 Å². The fraction of sp³-hybridized carbons (Fsp3) is 0.400. The summed E-state index contributed by atoms with van der Waals surface area (Å²) in [6.45, 7) is 9.61. The minimum atomic E-state index is 0.312. The highest BCUT2D eigenvalue weighted by Gasteiger charge is 2.03. The van der Waals surface area contributed by atoms with Crippen molar-refractivity contribution in [2.45, 2.75) is 20.8 Å². The minimum Gasteiger partial charge on any atom is -0.365 e. The molecule has 13 heavy (non-hydrogen) atoms. The SMILES string of the molecule is C=N/C(=N\c1c[nH]cc1C)C(C)C. The number of aryl methyl sites for hydroxylation is 1. The first-order valence-electron chi connectivity index (χ1n) is 4.34. The number of H-pyrrole nitrogens is 1. The molecule has 0 spiro atoms. The van der Waals surface area contributed by atoms with Gasteiger partial charge in [-0.1, -0.05) is 13.8 Å². The summed E-state index contributed by atoms with van der Waals surface area (Å²) in [4.78, 5) is 11.3. The second kappa shape index (κ2) is 4.03. The van der Waals surface area contributed by atoms with Gasteiger partial charge in [-0.2, -0.15) is 0 Å². The van der Waals surface area contributed by atoms with E-state index in [1.807, 2.05) is 19.3 Å². The van der Waals surface area contributed by atoms with Crippen LogP contribution in [0.1, 0.15) is 19.4 Å². The van der Waals surface area contributed by atoms with Crippen LogP contribution < -0.4 is 0 Å². The zero-order valence-electron chi connectivity index (χ0n) is 8.33. The van der Waals surface area contributed by atoms with Gasteiger partial charge in [-0.3, -0.25) is 0 Å². The molecule has 3 nitrogen and oxygen atoms in total. The second-order valence-electron chi connectivity index (χ2n) is 3.31. The first kappa shape index (κ1) is 9.71. The highest BCUT2D eigenvalue weighted by atomic mass is 14.9. The summed E-state index contributed by atoms with van der Waals surface area (Å²) in [6.07, 6.45) is 3.78. The Morgan fingerprint density at radius 3 is 2.54 bits per heavy atom. The average Bonchev–Trinajstić information content (AvgIpc) is 2.46. The van der Waals surface area contributed by atoms with E-state index in [-0.39, 0.29) is 0 Å². The van der Waals surface area contributed by atoms with Crippen molar-refractivity contribution in [1.82, 2.24) is 4.98 Å². The minimum absolute atomic E-state index is 0.312. The van der Waals surface area contributed by atoms with E-state index in [0.29, 0.717) is 5.92 Å². The molecule has 1 aromatic heterocycles. The summed E-state index contributed by atoms with van der Waals surface area (Å²) in [5.74, 6) is 1.09. The molecule has 1 rings (SSSR count). The van der Waals surface area contributed by atoms with Crippen LogP contribution in [-0.4, -0.2) is 17.5 Å². The van der Waals surface area contributed by atoms with Crippen LogP contribution in [0.5, 0.6) is 0 Å². The number of aromatic amines is 1. The molecule has 3 heteroatoms. The molecular formula is C10H15N3. The second-order valence-corrected chi connectivity index (χ2v) is 3.31. The lowest BCUT2D eigenvalue weighted by atomic mass is 10.2. The number of hydrogen-bond donors (Lipinski definition) is 1. The van der Waals surface area contributed by atoms with Crippen molar-refractivity contribution in [1.29, 1.82) is 0 Å². The Hall–Kier alpha value is -1.38. The molecule has 0 fully saturated rings. The molecule has 0 unspecified atom stereocenters. The van der Waals surface area contributed by atoms with Crippen molar-refractivity contribution in [3.63, 3.8) is 0 Å². The van der Waals surface area contributed by atoms with Crippen molar-refractivity contribution in [2.75, 3.05) is 0 Å². The largest absolute Gasteiger partial charge is 0.365 e. The van der Waals surface area contributed by atoms with E-state index < -0.39 is 0 Å². The lowest BCUT2D eigenvalue weighted by Crippen LogP contribution is -2.02. The Balaban J connectivity index is 2.98. The molecular weight excluding hydrogens is 162 g/mol. The predicted octanol–water partition coefficient (Wildman–Crippen LogP) is 2.71. The zero-order valence-corrected chi connectivity index (χ0v) is 8.33. The summed E-state index contributed by atoms with van der Waals surface area (Å²) in [5, 5.41) is 0. The predicted molar refractivity (Wildman–Crippen MR) is 57.0 cm³/mol. The standard InChI is InChI=1S/C10H15N3/c1-7(2)10(11-4)13-9-6-12-5-8(9)3/h5-7,12H,4H2,1-3H3/b13-10-. The smallest absolute Gasteiger partial charge is 0.130 e. The fourth-order valence-corrected chi connectivity index (χ4v) is 1.02. The van der Waals surface area contributed by atoms with Gasteiger partial charge in [0.2, 0.25) is 0 Å². The number of amidine groups is 1. The van der Waals surface area contributed by atoms with Crippen LogP contribution in [0.4, 0.5) is 5.69 Å². The van der Waals surface area contributed by atoms with Gasteiger partial charge in [-0.25, -0.2) is 9.98 Å². The molecule has 0 atom stereocenters. The summed E-state index contributed by atoms with van der Waals surface area (Å²) < 4.78 is 0. The number of nitrogens with zero attached hydrogens (tertiary/aromatic N) is 2. The van der Waals surface area contributed by atoms with E-state index in [0.717, 1.165) is 17.1 Å². The van der Waals surface area contributed by atoms with Gasteiger partial charge in [-0.05, 0) is 19.2 Å². The van der Waals surface area contributed by atoms with Crippen molar-refractivity contribution in [3.05, 3.63) is 18.0 Å². The van der Waals surface area contributed by atoms with E-state index in [1.54, 1.807) is 0 Å². The monoisotopic (exact) mass is 177 g/mol.